The molecule has 0 aliphatic carbocycles. The molecule has 1 atom stereocenters. The first-order chi connectivity index (χ1) is 8.18. The van der Waals surface area contributed by atoms with E-state index < -0.39 is 0 Å². The molecule has 0 saturated carbocycles. The van der Waals surface area contributed by atoms with Gasteiger partial charge in [0.2, 0.25) is 0 Å². The zero-order chi connectivity index (χ0) is 12.1. The molecule has 2 N–H and O–H groups in total. The van der Waals surface area contributed by atoms with Gasteiger partial charge >= 0.3 is 0 Å². The smallest absolute Gasteiger partial charge is 0.106 e. The lowest BCUT2D eigenvalue weighted by atomic mass is 9.75. The maximum Gasteiger partial charge on any atom is 0.106 e. The lowest BCUT2D eigenvalue weighted by molar-refractivity contribution is 0.166. The maximum absolute atomic E-state index is 4.29. The van der Waals surface area contributed by atoms with Crippen molar-refractivity contribution in [2.24, 2.45) is 11.3 Å². The zero-order valence-corrected chi connectivity index (χ0v) is 11.6. The molecular weight excluding hydrogens is 230 g/mol. The molecule has 4 heteroatoms. The summed E-state index contributed by atoms with van der Waals surface area (Å²) in [7, 11) is 0. The molecular formula is C13H23N3S. The number of piperidine rings is 1. The molecule has 1 fully saturated rings. The summed E-state index contributed by atoms with van der Waals surface area (Å²) in [5, 5.41) is 10.3. The summed E-state index contributed by atoms with van der Waals surface area (Å²) in [4.78, 5) is 4.29. The third-order valence-corrected chi connectivity index (χ3v) is 4.52. The molecule has 0 spiro atoms. The van der Waals surface area contributed by atoms with Gasteiger partial charge in [-0.1, -0.05) is 13.8 Å². The molecule has 1 aliphatic rings. The quantitative estimate of drug-likeness (QED) is 0.845. The molecule has 17 heavy (non-hydrogen) atoms. The van der Waals surface area contributed by atoms with Gasteiger partial charge in [0, 0.05) is 24.7 Å². The Kier molecular flexibility index (Phi) is 4.54. The summed E-state index contributed by atoms with van der Waals surface area (Å²) < 4.78 is 0. The lowest BCUT2D eigenvalue weighted by Gasteiger charge is -2.37. The number of hydrogen-bond donors (Lipinski definition) is 2. The minimum atomic E-state index is 0.366. The third kappa shape index (κ3) is 3.76. The van der Waals surface area contributed by atoms with E-state index in [0.29, 0.717) is 5.41 Å². The molecule has 1 aromatic heterocycles. The average Bonchev–Trinajstić information content (AvgIpc) is 2.83. The molecule has 0 aromatic carbocycles. The fraction of sp³-hybridized carbons (Fsp3) is 0.769. The number of thiazole rings is 1. The van der Waals surface area contributed by atoms with Crippen LogP contribution in [0.5, 0.6) is 0 Å². The van der Waals surface area contributed by atoms with E-state index in [0.717, 1.165) is 19.0 Å². The Morgan fingerprint density at radius 3 is 3.12 bits per heavy atom. The zero-order valence-electron chi connectivity index (χ0n) is 10.8. The van der Waals surface area contributed by atoms with Crippen molar-refractivity contribution in [3.05, 3.63) is 16.6 Å². The lowest BCUT2D eigenvalue weighted by Crippen LogP contribution is -2.43. The topological polar surface area (TPSA) is 37.0 Å². The number of rotatable bonds is 5. The van der Waals surface area contributed by atoms with Gasteiger partial charge in [-0.3, -0.25) is 0 Å². The predicted octanol–water partition coefficient (Wildman–Crippen LogP) is 2.26. The van der Waals surface area contributed by atoms with Gasteiger partial charge in [-0.05, 0) is 37.3 Å². The maximum atomic E-state index is 4.29. The van der Waals surface area contributed by atoms with E-state index in [9.17, 15) is 0 Å². The monoisotopic (exact) mass is 253 g/mol. The second kappa shape index (κ2) is 5.94. The highest BCUT2D eigenvalue weighted by molar-refractivity contribution is 7.09. The largest absolute Gasteiger partial charge is 0.316 e. The number of nitrogens with one attached hydrogen (secondary N) is 2. The third-order valence-electron chi connectivity index (χ3n) is 3.74. The van der Waals surface area contributed by atoms with Crippen LogP contribution in [-0.4, -0.2) is 24.6 Å². The molecule has 2 heterocycles. The van der Waals surface area contributed by atoms with Crippen LogP contribution in [0.25, 0.3) is 0 Å². The van der Waals surface area contributed by atoms with Crippen LogP contribution in [-0.2, 0) is 6.54 Å². The van der Waals surface area contributed by atoms with E-state index in [-0.39, 0.29) is 0 Å². The van der Waals surface area contributed by atoms with Crippen LogP contribution in [0.4, 0.5) is 0 Å². The molecule has 2 rings (SSSR count). The van der Waals surface area contributed by atoms with Gasteiger partial charge in [-0.15, -0.1) is 11.3 Å². The average molecular weight is 253 g/mol. The Morgan fingerprint density at radius 1 is 1.59 bits per heavy atom. The summed E-state index contributed by atoms with van der Waals surface area (Å²) >= 11 is 1.72. The molecule has 96 valence electrons. The van der Waals surface area contributed by atoms with Crippen LogP contribution in [0, 0.1) is 11.3 Å². The van der Waals surface area contributed by atoms with Crippen molar-refractivity contribution in [1.82, 2.24) is 15.6 Å². The highest BCUT2D eigenvalue weighted by atomic mass is 32.1. The van der Waals surface area contributed by atoms with Crippen molar-refractivity contribution in [1.29, 1.82) is 0 Å². The van der Waals surface area contributed by atoms with Crippen molar-refractivity contribution in [3.8, 4) is 0 Å². The summed E-state index contributed by atoms with van der Waals surface area (Å²) in [5.41, 5.74) is 0.366. The Bertz CT molecular complexity index is 315. The second-order valence-electron chi connectivity index (χ2n) is 5.56. The first kappa shape index (κ1) is 13.0. The van der Waals surface area contributed by atoms with Gasteiger partial charge in [0.15, 0.2) is 0 Å². The molecule has 0 bridgehead atoms. The van der Waals surface area contributed by atoms with Crippen LogP contribution >= 0.6 is 11.3 Å². The van der Waals surface area contributed by atoms with Crippen molar-refractivity contribution >= 4 is 11.3 Å². The van der Waals surface area contributed by atoms with E-state index >= 15 is 0 Å². The summed E-state index contributed by atoms with van der Waals surface area (Å²) in [6, 6.07) is 0. The van der Waals surface area contributed by atoms with E-state index in [1.807, 2.05) is 11.6 Å². The second-order valence-corrected chi connectivity index (χ2v) is 6.54. The van der Waals surface area contributed by atoms with Crippen LogP contribution in [0.15, 0.2) is 11.6 Å². The highest BCUT2D eigenvalue weighted by Crippen LogP contribution is 2.31. The van der Waals surface area contributed by atoms with E-state index in [4.69, 9.17) is 0 Å². The predicted molar refractivity (Wildman–Crippen MR) is 73.2 cm³/mol. The van der Waals surface area contributed by atoms with Crippen LogP contribution < -0.4 is 10.6 Å². The SMILES string of the molecule is CC(C)(CNCc1nccs1)C1CCCNC1. The van der Waals surface area contributed by atoms with Crippen LogP contribution in [0.3, 0.4) is 0 Å². The molecule has 0 radical (unpaired) electrons. The fourth-order valence-corrected chi connectivity index (χ4v) is 3.08. The van der Waals surface area contributed by atoms with E-state index in [1.54, 1.807) is 11.3 Å². The molecule has 3 nitrogen and oxygen atoms in total. The molecule has 0 amide bonds. The minimum absolute atomic E-state index is 0.366. The minimum Gasteiger partial charge on any atom is -0.316 e. The van der Waals surface area contributed by atoms with Gasteiger partial charge in [-0.2, -0.15) is 0 Å². The summed E-state index contributed by atoms with van der Waals surface area (Å²) in [5.74, 6) is 0.792. The molecule has 1 unspecified atom stereocenters. The Morgan fingerprint density at radius 2 is 2.47 bits per heavy atom. The standard InChI is InChI=1S/C13H23N3S/c1-13(2,11-4-3-5-14-8-11)10-15-9-12-16-6-7-17-12/h6-7,11,14-15H,3-5,8-10H2,1-2H3. The molecule has 1 aliphatic heterocycles. The Balaban J connectivity index is 1.76. The van der Waals surface area contributed by atoms with E-state index in [1.165, 1.54) is 30.9 Å². The van der Waals surface area contributed by atoms with Gasteiger partial charge in [0.25, 0.3) is 0 Å². The number of aromatic nitrogens is 1. The van der Waals surface area contributed by atoms with Crippen molar-refractivity contribution in [3.63, 3.8) is 0 Å². The van der Waals surface area contributed by atoms with Gasteiger partial charge in [0.05, 0.1) is 0 Å². The fourth-order valence-electron chi connectivity index (χ4n) is 2.50. The number of nitrogens with zero attached hydrogens (tertiary/aromatic N) is 1. The first-order valence-electron chi connectivity index (χ1n) is 6.48. The van der Waals surface area contributed by atoms with Gasteiger partial charge in [0.1, 0.15) is 5.01 Å². The van der Waals surface area contributed by atoms with Gasteiger partial charge < -0.3 is 10.6 Å². The van der Waals surface area contributed by atoms with Crippen LogP contribution in [0.2, 0.25) is 0 Å². The van der Waals surface area contributed by atoms with Crippen LogP contribution in [0.1, 0.15) is 31.7 Å². The highest BCUT2D eigenvalue weighted by Gasteiger charge is 2.30. The van der Waals surface area contributed by atoms with Crippen molar-refractivity contribution in [2.75, 3.05) is 19.6 Å². The molecule has 1 aromatic rings. The Labute approximate surface area is 108 Å². The first-order valence-corrected chi connectivity index (χ1v) is 7.36. The summed E-state index contributed by atoms with van der Waals surface area (Å²) in [6.45, 7) is 9.09. The summed E-state index contributed by atoms with van der Waals surface area (Å²) in [6.07, 6.45) is 4.55. The van der Waals surface area contributed by atoms with Crippen molar-refractivity contribution in [2.45, 2.75) is 33.2 Å². The number of hydrogen-bond acceptors (Lipinski definition) is 4. The van der Waals surface area contributed by atoms with Gasteiger partial charge in [-0.25, -0.2) is 4.98 Å². The Hall–Kier alpha value is -0.450. The molecule has 1 saturated heterocycles. The normalized spacial score (nSPS) is 21.6. The van der Waals surface area contributed by atoms with E-state index in [2.05, 4.69) is 29.5 Å². The van der Waals surface area contributed by atoms with Crippen molar-refractivity contribution < 1.29 is 0 Å².